The first kappa shape index (κ1) is 13.5. The van der Waals surface area contributed by atoms with Gasteiger partial charge in [-0.3, -0.25) is 0 Å². The normalized spacial score (nSPS) is 12.5. The third-order valence-corrected chi connectivity index (χ3v) is 2.68. The van der Waals surface area contributed by atoms with Gasteiger partial charge in [-0.25, -0.2) is 22.0 Å². The second-order valence-corrected chi connectivity index (χ2v) is 3.94. The predicted molar refractivity (Wildman–Crippen MR) is 58.7 cm³/mol. The first-order valence-electron chi connectivity index (χ1n) is 5.25. The van der Waals surface area contributed by atoms with E-state index in [1.165, 1.54) is 0 Å². The molecule has 0 fully saturated rings. The molecule has 100 valence electrons. The Morgan fingerprint density at radius 3 is 1.89 bits per heavy atom. The van der Waals surface area contributed by atoms with Crippen LogP contribution in [0, 0.1) is 29.1 Å². The standard InChI is InChI=1S/C13H8F5N/c14-8-2-1-6(3-10(8)16)13(19)7-4-11(17)12(18)5-9(7)15/h1-5,13H,19H2. The van der Waals surface area contributed by atoms with Crippen LogP contribution in [-0.2, 0) is 0 Å². The van der Waals surface area contributed by atoms with Crippen molar-refractivity contribution in [3.63, 3.8) is 0 Å². The van der Waals surface area contributed by atoms with Gasteiger partial charge in [0.2, 0.25) is 0 Å². The summed E-state index contributed by atoms with van der Waals surface area (Å²) in [7, 11) is 0. The Bertz CT molecular complexity index is 627. The van der Waals surface area contributed by atoms with Gasteiger partial charge in [0.15, 0.2) is 23.3 Å². The van der Waals surface area contributed by atoms with Crippen molar-refractivity contribution >= 4 is 0 Å². The van der Waals surface area contributed by atoms with Crippen molar-refractivity contribution in [2.45, 2.75) is 6.04 Å². The second-order valence-electron chi connectivity index (χ2n) is 3.94. The largest absolute Gasteiger partial charge is 0.320 e. The summed E-state index contributed by atoms with van der Waals surface area (Å²) in [4.78, 5) is 0. The van der Waals surface area contributed by atoms with Crippen molar-refractivity contribution in [2.24, 2.45) is 5.73 Å². The van der Waals surface area contributed by atoms with E-state index >= 15 is 0 Å². The Kier molecular flexibility index (Phi) is 3.53. The van der Waals surface area contributed by atoms with Crippen molar-refractivity contribution in [3.05, 3.63) is 70.5 Å². The van der Waals surface area contributed by atoms with Gasteiger partial charge in [0.1, 0.15) is 5.82 Å². The molecule has 2 aromatic carbocycles. The van der Waals surface area contributed by atoms with Crippen LogP contribution in [0.25, 0.3) is 0 Å². The molecule has 0 aliphatic rings. The van der Waals surface area contributed by atoms with Crippen molar-refractivity contribution < 1.29 is 22.0 Å². The van der Waals surface area contributed by atoms with Crippen LogP contribution in [0.1, 0.15) is 17.2 Å². The third kappa shape index (κ3) is 2.58. The monoisotopic (exact) mass is 273 g/mol. The lowest BCUT2D eigenvalue weighted by molar-refractivity contribution is 0.486. The molecular formula is C13H8F5N. The van der Waals surface area contributed by atoms with Crippen LogP contribution in [0.5, 0.6) is 0 Å². The highest BCUT2D eigenvalue weighted by atomic mass is 19.2. The van der Waals surface area contributed by atoms with Crippen LogP contribution < -0.4 is 5.73 Å². The van der Waals surface area contributed by atoms with E-state index in [2.05, 4.69) is 0 Å². The van der Waals surface area contributed by atoms with Crippen molar-refractivity contribution in [1.29, 1.82) is 0 Å². The van der Waals surface area contributed by atoms with Crippen LogP contribution in [0.2, 0.25) is 0 Å². The lowest BCUT2D eigenvalue weighted by Gasteiger charge is -2.14. The number of hydrogen-bond donors (Lipinski definition) is 1. The molecule has 0 aliphatic carbocycles. The van der Waals surface area contributed by atoms with Gasteiger partial charge in [0.25, 0.3) is 0 Å². The summed E-state index contributed by atoms with van der Waals surface area (Å²) in [5.41, 5.74) is 5.34. The van der Waals surface area contributed by atoms with Gasteiger partial charge in [-0.1, -0.05) is 6.07 Å². The molecule has 0 aromatic heterocycles. The van der Waals surface area contributed by atoms with E-state index in [0.717, 1.165) is 18.2 Å². The summed E-state index contributed by atoms with van der Waals surface area (Å²) in [6.07, 6.45) is 0. The fourth-order valence-electron chi connectivity index (χ4n) is 1.66. The van der Waals surface area contributed by atoms with E-state index < -0.39 is 35.1 Å². The Balaban J connectivity index is 2.46. The first-order chi connectivity index (χ1) is 8.90. The summed E-state index contributed by atoms with van der Waals surface area (Å²) >= 11 is 0. The SMILES string of the molecule is NC(c1ccc(F)c(F)c1)c1cc(F)c(F)cc1F. The van der Waals surface area contributed by atoms with E-state index in [-0.39, 0.29) is 11.1 Å². The van der Waals surface area contributed by atoms with E-state index in [9.17, 15) is 22.0 Å². The molecule has 1 unspecified atom stereocenters. The summed E-state index contributed by atoms with van der Waals surface area (Å²) in [6, 6.07) is 2.46. The third-order valence-electron chi connectivity index (χ3n) is 2.68. The number of halogens is 5. The topological polar surface area (TPSA) is 26.0 Å². The number of rotatable bonds is 2. The minimum atomic E-state index is -1.35. The molecule has 6 heteroatoms. The number of benzene rings is 2. The average Bonchev–Trinajstić information content (AvgIpc) is 2.36. The zero-order valence-electron chi connectivity index (χ0n) is 9.43. The maximum atomic E-state index is 13.5. The number of nitrogens with two attached hydrogens (primary N) is 1. The lowest BCUT2D eigenvalue weighted by Crippen LogP contribution is -2.15. The zero-order valence-corrected chi connectivity index (χ0v) is 9.43. The average molecular weight is 273 g/mol. The molecule has 0 aliphatic heterocycles. The van der Waals surface area contributed by atoms with Crippen LogP contribution in [0.3, 0.4) is 0 Å². The van der Waals surface area contributed by atoms with Crippen LogP contribution in [0.15, 0.2) is 30.3 Å². The molecule has 0 saturated heterocycles. The molecule has 2 N–H and O–H groups in total. The fraction of sp³-hybridized carbons (Fsp3) is 0.0769. The fourth-order valence-corrected chi connectivity index (χ4v) is 1.66. The first-order valence-corrected chi connectivity index (χ1v) is 5.25. The zero-order chi connectivity index (χ0) is 14.2. The van der Waals surface area contributed by atoms with Crippen LogP contribution in [-0.4, -0.2) is 0 Å². The van der Waals surface area contributed by atoms with E-state index in [0.29, 0.717) is 12.1 Å². The molecular weight excluding hydrogens is 265 g/mol. The maximum absolute atomic E-state index is 13.5. The lowest BCUT2D eigenvalue weighted by atomic mass is 9.98. The second kappa shape index (κ2) is 4.97. The predicted octanol–water partition coefficient (Wildman–Crippen LogP) is 3.43. The molecule has 0 bridgehead atoms. The highest BCUT2D eigenvalue weighted by Crippen LogP contribution is 2.25. The maximum Gasteiger partial charge on any atom is 0.161 e. The van der Waals surface area contributed by atoms with E-state index in [1.54, 1.807) is 0 Å². The van der Waals surface area contributed by atoms with Crippen molar-refractivity contribution in [3.8, 4) is 0 Å². The summed E-state index contributed by atoms with van der Waals surface area (Å²) in [5.74, 6) is -5.91. The number of hydrogen-bond acceptors (Lipinski definition) is 1. The van der Waals surface area contributed by atoms with Gasteiger partial charge in [-0.15, -0.1) is 0 Å². The van der Waals surface area contributed by atoms with Crippen molar-refractivity contribution in [2.75, 3.05) is 0 Å². The van der Waals surface area contributed by atoms with Gasteiger partial charge >= 0.3 is 0 Å². The Hall–Kier alpha value is -1.95. The molecule has 19 heavy (non-hydrogen) atoms. The molecule has 0 radical (unpaired) electrons. The highest BCUT2D eigenvalue weighted by Gasteiger charge is 2.18. The van der Waals surface area contributed by atoms with Gasteiger partial charge in [-0.2, -0.15) is 0 Å². The molecule has 0 spiro atoms. The van der Waals surface area contributed by atoms with Gasteiger partial charge in [0.05, 0.1) is 6.04 Å². The summed E-state index contributed by atoms with van der Waals surface area (Å²) < 4.78 is 65.1. The summed E-state index contributed by atoms with van der Waals surface area (Å²) in [6.45, 7) is 0. The Labute approximate surface area is 105 Å². The minimum absolute atomic E-state index is 0.0452. The van der Waals surface area contributed by atoms with Gasteiger partial charge in [-0.05, 0) is 23.8 Å². The van der Waals surface area contributed by atoms with Crippen molar-refractivity contribution in [1.82, 2.24) is 0 Å². The Morgan fingerprint density at radius 2 is 1.26 bits per heavy atom. The molecule has 0 amide bonds. The van der Waals surface area contributed by atoms with E-state index in [1.807, 2.05) is 0 Å². The quantitative estimate of drug-likeness (QED) is 0.658. The molecule has 0 heterocycles. The minimum Gasteiger partial charge on any atom is -0.320 e. The van der Waals surface area contributed by atoms with Gasteiger partial charge < -0.3 is 5.73 Å². The Morgan fingerprint density at radius 1 is 0.684 bits per heavy atom. The van der Waals surface area contributed by atoms with E-state index in [4.69, 9.17) is 5.73 Å². The van der Waals surface area contributed by atoms with Crippen LogP contribution >= 0.6 is 0 Å². The summed E-state index contributed by atoms with van der Waals surface area (Å²) in [5, 5.41) is 0. The molecule has 2 aromatic rings. The molecule has 1 nitrogen and oxygen atoms in total. The smallest absolute Gasteiger partial charge is 0.161 e. The molecule has 0 saturated carbocycles. The van der Waals surface area contributed by atoms with Gasteiger partial charge in [0, 0.05) is 11.6 Å². The van der Waals surface area contributed by atoms with Crippen LogP contribution in [0.4, 0.5) is 22.0 Å². The highest BCUT2D eigenvalue weighted by molar-refractivity contribution is 5.33. The molecule has 1 atom stereocenters. The molecule has 2 rings (SSSR count).